The summed E-state index contributed by atoms with van der Waals surface area (Å²) in [6.45, 7) is 0. The molecule has 0 aromatic carbocycles. The van der Waals surface area contributed by atoms with E-state index < -0.39 is 11.8 Å². The fourth-order valence-corrected chi connectivity index (χ4v) is 7.69. The molecule has 0 radical (unpaired) electrons. The van der Waals surface area contributed by atoms with E-state index >= 15 is 0 Å². The zero-order valence-electron chi connectivity index (χ0n) is 16.1. The van der Waals surface area contributed by atoms with E-state index in [2.05, 4.69) is 0 Å². The van der Waals surface area contributed by atoms with E-state index in [1.165, 1.54) is 19.8 Å². The molecular weight excluding hydrogens is 344 g/mol. The quantitative estimate of drug-likeness (QED) is 0.697. The maximum absolute atomic E-state index is 13.5. The fourth-order valence-electron chi connectivity index (χ4n) is 7.69. The maximum Gasteiger partial charge on any atom is 0.310 e. The number of hydrogen-bond acceptors (Lipinski definition) is 5. The molecule has 0 heterocycles. The second-order valence-corrected chi connectivity index (χ2v) is 9.22. The van der Waals surface area contributed by atoms with Gasteiger partial charge in [0.15, 0.2) is 5.78 Å². The summed E-state index contributed by atoms with van der Waals surface area (Å²) in [4.78, 5) is 39.3. The van der Waals surface area contributed by atoms with E-state index in [1.54, 1.807) is 0 Å². The predicted molar refractivity (Wildman–Crippen MR) is 96.3 cm³/mol. The zero-order chi connectivity index (χ0) is 18.9. The topological polar surface area (TPSA) is 69.7 Å². The van der Waals surface area contributed by atoms with E-state index in [9.17, 15) is 14.4 Å². The van der Waals surface area contributed by atoms with Crippen molar-refractivity contribution in [1.82, 2.24) is 0 Å². The maximum atomic E-state index is 13.5. The molecular formula is C22H28O5. The molecule has 0 aromatic heterocycles. The molecule has 0 aliphatic heterocycles. The molecule has 0 unspecified atom stereocenters. The lowest BCUT2D eigenvalue weighted by atomic mass is 9.58. The summed E-state index contributed by atoms with van der Waals surface area (Å²) >= 11 is 0. The first-order valence-electron chi connectivity index (χ1n) is 10.5. The van der Waals surface area contributed by atoms with Crippen molar-refractivity contribution in [3.63, 3.8) is 0 Å². The number of rotatable bonds is 2. The lowest BCUT2D eigenvalue weighted by Crippen LogP contribution is -2.48. The van der Waals surface area contributed by atoms with Gasteiger partial charge in [0.05, 0.1) is 26.1 Å². The highest BCUT2D eigenvalue weighted by Crippen LogP contribution is 2.66. The Morgan fingerprint density at radius 3 is 2.33 bits per heavy atom. The first kappa shape index (κ1) is 17.4. The second-order valence-electron chi connectivity index (χ2n) is 9.22. The molecule has 5 aliphatic carbocycles. The number of Topliss-reactive ketones (excluding diaryl/α,β-unsaturated/α-hetero) is 1. The molecule has 8 atom stereocenters. The van der Waals surface area contributed by atoms with Gasteiger partial charge in [-0.05, 0) is 67.8 Å². The average molecular weight is 372 g/mol. The monoisotopic (exact) mass is 372 g/mol. The summed E-state index contributed by atoms with van der Waals surface area (Å²) in [7, 11) is 2.80. The number of methoxy groups -OCH3 is 2. The van der Waals surface area contributed by atoms with Crippen molar-refractivity contribution < 1.29 is 23.9 Å². The Hall–Kier alpha value is -1.65. The number of carbonyl (C=O) groups excluding carboxylic acids is 3. The first-order valence-corrected chi connectivity index (χ1v) is 10.5. The summed E-state index contributed by atoms with van der Waals surface area (Å²) in [5.74, 6) is -0.320. The summed E-state index contributed by atoms with van der Waals surface area (Å²) in [5.41, 5.74) is 2.11. The molecule has 5 nitrogen and oxygen atoms in total. The number of hydrogen-bond donors (Lipinski definition) is 0. The lowest BCUT2D eigenvalue weighted by Gasteiger charge is -2.44. The van der Waals surface area contributed by atoms with E-state index in [0.29, 0.717) is 17.6 Å². The van der Waals surface area contributed by atoms with E-state index in [-0.39, 0.29) is 35.6 Å². The highest BCUT2D eigenvalue weighted by molar-refractivity contribution is 6.04. The van der Waals surface area contributed by atoms with Crippen LogP contribution in [0.15, 0.2) is 11.1 Å². The van der Waals surface area contributed by atoms with Crippen LogP contribution in [0.3, 0.4) is 0 Å². The third kappa shape index (κ3) is 2.20. The van der Waals surface area contributed by atoms with Crippen LogP contribution in [0.2, 0.25) is 0 Å². The van der Waals surface area contributed by atoms with Crippen molar-refractivity contribution in [3.8, 4) is 0 Å². The van der Waals surface area contributed by atoms with Gasteiger partial charge in [-0.3, -0.25) is 14.4 Å². The third-order valence-electron chi connectivity index (χ3n) is 8.46. The van der Waals surface area contributed by atoms with E-state index in [0.717, 1.165) is 50.5 Å². The fraction of sp³-hybridized carbons (Fsp3) is 0.773. The average Bonchev–Trinajstić information content (AvgIpc) is 3.39. The summed E-state index contributed by atoms with van der Waals surface area (Å²) < 4.78 is 10.3. The van der Waals surface area contributed by atoms with Gasteiger partial charge in [-0.1, -0.05) is 12.0 Å². The molecule has 5 rings (SSSR count). The molecule has 0 spiro atoms. The Bertz CT molecular complexity index is 737. The Morgan fingerprint density at radius 1 is 0.889 bits per heavy atom. The minimum absolute atomic E-state index is 0.0398. The summed E-state index contributed by atoms with van der Waals surface area (Å²) in [6.07, 6.45) is 7.24. The molecule has 5 heteroatoms. The van der Waals surface area contributed by atoms with Gasteiger partial charge < -0.3 is 9.47 Å². The van der Waals surface area contributed by atoms with Crippen LogP contribution < -0.4 is 0 Å². The molecule has 0 amide bonds. The van der Waals surface area contributed by atoms with Gasteiger partial charge in [0.25, 0.3) is 0 Å². The summed E-state index contributed by atoms with van der Waals surface area (Å²) in [6, 6.07) is 0. The minimum atomic E-state index is -0.567. The molecule has 4 saturated carbocycles. The number of ether oxygens (including phenoxy) is 2. The van der Waals surface area contributed by atoms with E-state index in [1.807, 2.05) is 0 Å². The van der Waals surface area contributed by atoms with Gasteiger partial charge >= 0.3 is 11.9 Å². The molecule has 146 valence electrons. The van der Waals surface area contributed by atoms with E-state index in [4.69, 9.17) is 9.47 Å². The van der Waals surface area contributed by atoms with Crippen LogP contribution in [0, 0.1) is 47.3 Å². The molecule has 0 N–H and O–H groups in total. The SMILES string of the molecule is COC(=O)[C@H]1[C@H]2C(=C3CCCC[C@@H]3[C@@H]1C(=O)OC)C(=O)[C@@H]1[C@H]3CC[C@H](C3)[C@@H]12. The van der Waals surface area contributed by atoms with Gasteiger partial charge in [-0.25, -0.2) is 0 Å². The lowest BCUT2D eigenvalue weighted by molar-refractivity contribution is -0.163. The van der Waals surface area contributed by atoms with Gasteiger partial charge in [-0.15, -0.1) is 0 Å². The largest absolute Gasteiger partial charge is 0.469 e. The molecule has 0 aromatic rings. The third-order valence-corrected chi connectivity index (χ3v) is 8.46. The van der Waals surface area contributed by atoms with Gasteiger partial charge in [0, 0.05) is 11.8 Å². The van der Waals surface area contributed by atoms with Crippen LogP contribution in [-0.4, -0.2) is 31.9 Å². The van der Waals surface area contributed by atoms with Crippen LogP contribution >= 0.6 is 0 Å². The minimum Gasteiger partial charge on any atom is -0.469 e. The van der Waals surface area contributed by atoms with Crippen LogP contribution in [0.5, 0.6) is 0 Å². The molecule has 2 bridgehead atoms. The van der Waals surface area contributed by atoms with Crippen molar-refractivity contribution in [2.75, 3.05) is 14.2 Å². The predicted octanol–water partition coefficient (Wildman–Crippen LogP) is 2.93. The Kier molecular flexibility index (Phi) is 3.99. The zero-order valence-corrected chi connectivity index (χ0v) is 16.1. The van der Waals surface area contributed by atoms with Crippen LogP contribution in [-0.2, 0) is 23.9 Å². The number of esters is 2. The highest BCUT2D eigenvalue weighted by Gasteiger charge is 2.66. The normalized spacial score (nSPS) is 44.6. The van der Waals surface area contributed by atoms with Crippen LogP contribution in [0.4, 0.5) is 0 Å². The molecule has 4 fully saturated rings. The van der Waals surface area contributed by atoms with Crippen molar-refractivity contribution in [1.29, 1.82) is 0 Å². The van der Waals surface area contributed by atoms with Crippen LogP contribution in [0.25, 0.3) is 0 Å². The van der Waals surface area contributed by atoms with Crippen molar-refractivity contribution in [2.45, 2.75) is 44.9 Å². The first-order chi connectivity index (χ1) is 13.1. The number of ketones is 1. The van der Waals surface area contributed by atoms with Crippen LogP contribution in [0.1, 0.15) is 44.9 Å². The number of allylic oxidation sites excluding steroid dienone is 2. The number of carbonyl (C=O) groups is 3. The Morgan fingerprint density at radius 2 is 1.59 bits per heavy atom. The Balaban J connectivity index is 1.69. The van der Waals surface area contributed by atoms with Gasteiger partial charge in [0.1, 0.15) is 0 Å². The smallest absolute Gasteiger partial charge is 0.310 e. The van der Waals surface area contributed by atoms with Gasteiger partial charge in [0.2, 0.25) is 0 Å². The molecule has 5 aliphatic rings. The molecule has 0 saturated heterocycles. The number of fused-ring (bicyclic) bond motifs is 8. The second kappa shape index (κ2) is 6.18. The standard InChI is InChI=1S/C22H28O5/c1-26-21(24)17-13-6-4-3-5-12(13)16-18(19(17)22(25)27-2)14-10-7-8-11(9-10)15(14)20(16)23/h10-11,13-15,17-19H,3-9H2,1-2H3/t10-,11+,13+,14+,15-,17+,18-,19-/m1/s1. The summed E-state index contributed by atoms with van der Waals surface area (Å²) in [5, 5.41) is 0. The highest BCUT2D eigenvalue weighted by atomic mass is 16.5. The Labute approximate surface area is 159 Å². The van der Waals surface area contributed by atoms with Crippen molar-refractivity contribution >= 4 is 17.7 Å². The van der Waals surface area contributed by atoms with Crippen molar-refractivity contribution in [2.24, 2.45) is 47.3 Å². The van der Waals surface area contributed by atoms with Crippen molar-refractivity contribution in [3.05, 3.63) is 11.1 Å². The molecule has 27 heavy (non-hydrogen) atoms. The van der Waals surface area contributed by atoms with Gasteiger partial charge in [-0.2, -0.15) is 0 Å².